The van der Waals surface area contributed by atoms with Gasteiger partial charge in [-0.3, -0.25) is 14.8 Å². The summed E-state index contributed by atoms with van der Waals surface area (Å²) in [6.45, 7) is 5.21. The molecule has 2 bridgehead atoms. The van der Waals surface area contributed by atoms with Crippen molar-refractivity contribution < 1.29 is 36.4 Å². The number of carbonyl (C=O) groups excluding carboxylic acids is 3. The number of amides is 4. The van der Waals surface area contributed by atoms with Gasteiger partial charge in [-0.25, -0.2) is 9.59 Å². The summed E-state index contributed by atoms with van der Waals surface area (Å²) in [4.78, 5) is 37.0. The molecule has 0 aromatic rings. The molecule has 2 rings (SSSR count). The highest BCUT2D eigenvalue weighted by atomic mass is 32.3. The van der Waals surface area contributed by atoms with Gasteiger partial charge in [0.2, 0.25) is 5.91 Å². The van der Waals surface area contributed by atoms with E-state index in [0.29, 0.717) is 17.9 Å². The second-order valence-electron chi connectivity index (χ2n) is 7.65. The SMILES string of the molecule is CC(C)(C)OC(=O)NCCC(=O)NC(=N)C1CCC2CN1C(=O)N2OS(=O)(=O)O. The van der Waals surface area contributed by atoms with E-state index in [9.17, 15) is 22.8 Å². The van der Waals surface area contributed by atoms with Crippen molar-refractivity contribution in [1.29, 1.82) is 5.41 Å². The molecule has 4 N–H and O–H groups in total. The van der Waals surface area contributed by atoms with Gasteiger partial charge in [-0.1, -0.05) is 0 Å². The number of rotatable bonds is 6. The number of hydrogen-bond donors (Lipinski definition) is 4. The first-order chi connectivity index (χ1) is 13.3. The molecule has 0 aromatic heterocycles. The maximum absolute atomic E-state index is 12.3. The fraction of sp³-hybridized carbons (Fsp3) is 0.733. The van der Waals surface area contributed by atoms with Crippen LogP contribution in [0.1, 0.15) is 40.0 Å². The molecule has 0 radical (unpaired) electrons. The van der Waals surface area contributed by atoms with E-state index < -0.39 is 46.1 Å². The molecule has 2 saturated heterocycles. The Bertz CT molecular complexity index is 793. The van der Waals surface area contributed by atoms with Gasteiger partial charge >= 0.3 is 22.5 Å². The zero-order valence-corrected chi connectivity index (χ0v) is 17.1. The number of urea groups is 1. The van der Waals surface area contributed by atoms with E-state index in [0.717, 1.165) is 0 Å². The summed E-state index contributed by atoms with van der Waals surface area (Å²) in [6, 6.07) is -2.17. The monoisotopic (exact) mass is 435 g/mol. The molecule has 4 amide bonds. The van der Waals surface area contributed by atoms with Gasteiger partial charge in [0.05, 0.1) is 12.1 Å². The van der Waals surface area contributed by atoms with Crippen molar-refractivity contribution in [3.8, 4) is 0 Å². The number of carbonyl (C=O) groups is 3. The Kier molecular flexibility index (Phi) is 6.70. The minimum absolute atomic E-state index is 0.000606. The summed E-state index contributed by atoms with van der Waals surface area (Å²) < 4.78 is 39.9. The molecule has 13 nitrogen and oxygen atoms in total. The lowest BCUT2D eigenvalue weighted by atomic mass is 10.00. The maximum atomic E-state index is 12.3. The maximum Gasteiger partial charge on any atom is 0.418 e. The van der Waals surface area contributed by atoms with Crippen LogP contribution in [0.25, 0.3) is 0 Å². The Labute approximate surface area is 168 Å². The lowest BCUT2D eigenvalue weighted by molar-refractivity contribution is -0.119. The van der Waals surface area contributed by atoms with Crippen LogP contribution in [-0.2, 0) is 24.2 Å². The fourth-order valence-electron chi connectivity index (χ4n) is 3.02. The van der Waals surface area contributed by atoms with Crippen molar-refractivity contribution in [3.63, 3.8) is 0 Å². The number of fused-ring (bicyclic) bond motifs is 2. The van der Waals surface area contributed by atoms with Crippen LogP contribution in [0.2, 0.25) is 0 Å². The van der Waals surface area contributed by atoms with E-state index >= 15 is 0 Å². The van der Waals surface area contributed by atoms with Crippen LogP contribution in [0.4, 0.5) is 9.59 Å². The van der Waals surface area contributed by atoms with E-state index in [2.05, 4.69) is 14.9 Å². The third-order valence-electron chi connectivity index (χ3n) is 4.12. The molecule has 0 spiro atoms. The first-order valence-electron chi connectivity index (χ1n) is 8.89. The molecule has 164 valence electrons. The van der Waals surface area contributed by atoms with E-state index in [4.69, 9.17) is 14.7 Å². The van der Waals surface area contributed by atoms with Crippen molar-refractivity contribution in [1.82, 2.24) is 20.6 Å². The van der Waals surface area contributed by atoms with Gasteiger partial charge in [0, 0.05) is 19.5 Å². The highest BCUT2D eigenvalue weighted by Gasteiger charge is 2.48. The number of ether oxygens (including phenoxy) is 1. The molecule has 0 aliphatic carbocycles. The van der Waals surface area contributed by atoms with Gasteiger partial charge in [0.15, 0.2) is 0 Å². The number of hydrogen-bond acceptors (Lipinski definition) is 8. The summed E-state index contributed by atoms with van der Waals surface area (Å²) in [7, 11) is -4.85. The topological polar surface area (TPSA) is 178 Å². The van der Waals surface area contributed by atoms with Gasteiger partial charge in [-0.15, -0.1) is 4.28 Å². The average molecular weight is 435 g/mol. The molecular formula is C15H25N5O8S. The Morgan fingerprint density at radius 1 is 1.31 bits per heavy atom. The predicted molar refractivity (Wildman–Crippen MR) is 98.1 cm³/mol. The highest BCUT2D eigenvalue weighted by molar-refractivity contribution is 7.80. The molecule has 2 aliphatic heterocycles. The van der Waals surface area contributed by atoms with E-state index in [-0.39, 0.29) is 25.3 Å². The van der Waals surface area contributed by atoms with Gasteiger partial charge < -0.3 is 20.3 Å². The van der Waals surface area contributed by atoms with Crippen molar-refractivity contribution in [2.45, 2.75) is 57.7 Å². The quantitative estimate of drug-likeness (QED) is 0.256. The number of hydroxylamine groups is 2. The van der Waals surface area contributed by atoms with Crippen molar-refractivity contribution in [2.24, 2.45) is 0 Å². The molecule has 0 aromatic carbocycles. The first-order valence-corrected chi connectivity index (χ1v) is 10.3. The molecule has 2 atom stereocenters. The highest BCUT2D eigenvalue weighted by Crippen LogP contribution is 2.30. The summed E-state index contributed by atoms with van der Waals surface area (Å²) in [5, 5.41) is 13.4. The van der Waals surface area contributed by atoms with Crippen LogP contribution in [0, 0.1) is 5.41 Å². The molecule has 2 fully saturated rings. The van der Waals surface area contributed by atoms with Crippen LogP contribution in [0.3, 0.4) is 0 Å². The Morgan fingerprint density at radius 3 is 2.55 bits per heavy atom. The molecule has 14 heteroatoms. The van der Waals surface area contributed by atoms with Gasteiger partial charge in [0.1, 0.15) is 11.4 Å². The van der Waals surface area contributed by atoms with Crippen molar-refractivity contribution in [2.75, 3.05) is 13.1 Å². The van der Waals surface area contributed by atoms with E-state index in [1.54, 1.807) is 20.8 Å². The molecule has 2 aliphatic rings. The minimum Gasteiger partial charge on any atom is -0.444 e. The molecule has 2 unspecified atom stereocenters. The smallest absolute Gasteiger partial charge is 0.418 e. The minimum atomic E-state index is -4.85. The summed E-state index contributed by atoms with van der Waals surface area (Å²) in [5.74, 6) is -0.765. The molecule has 2 heterocycles. The van der Waals surface area contributed by atoms with Crippen molar-refractivity contribution in [3.05, 3.63) is 0 Å². The molecular weight excluding hydrogens is 410 g/mol. The van der Waals surface area contributed by atoms with Gasteiger partial charge in [-0.2, -0.15) is 13.5 Å². The largest absolute Gasteiger partial charge is 0.444 e. The third-order valence-corrected chi connectivity index (χ3v) is 4.47. The standard InChI is InChI=1S/C15H25N5O8S/c1-15(2,3)27-13(22)17-7-6-11(21)18-12(16)10-5-4-9-8-19(10)14(23)20(9)28-29(24,25)26/h9-10H,4-8H2,1-3H3,(H,17,22)(H2,16,18,21)(H,24,25,26). The zero-order valence-electron chi connectivity index (χ0n) is 16.3. The second kappa shape index (κ2) is 8.51. The summed E-state index contributed by atoms with van der Waals surface area (Å²) in [6.07, 6.45) is -0.152. The number of nitrogens with zero attached hydrogens (tertiary/aromatic N) is 2. The third kappa shape index (κ3) is 6.54. The van der Waals surface area contributed by atoms with Crippen LogP contribution < -0.4 is 10.6 Å². The average Bonchev–Trinajstić information content (AvgIpc) is 2.76. The van der Waals surface area contributed by atoms with Gasteiger partial charge in [0.25, 0.3) is 0 Å². The Morgan fingerprint density at radius 2 is 1.97 bits per heavy atom. The predicted octanol–water partition coefficient (Wildman–Crippen LogP) is -0.00233. The van der Waals surface area contributed by atoms with Crippen LogP contribution >= 0.6 is 0 Å². The van der Waals surface area contributed by atoms with Crippen LogP contribution in [0.15, 0.2) is 0 Å². The van der Waals surface area contributed by atoms with E-state index in [1.807, 2.05) is 0 Å². The lowest BCUT2D eigenvalue weighted by Gasteiger charge is -2.30. The van der Waals surface area contributed by atoms with E-state index in [1.165, 1.54) is 4.90 Å². The fourth-order valence-corrected chi connectivity index (χ4v) is 3.41. The Balaban J connectivity index is 1.83. The zero-order chi connectivity index (χ0) is 22.0. The number of nitrogens with one attached hydrogen (secondary N) is 3. The van der Waals surface area contributed by atoms with Crippen LogP contribution in [0.5, 0.6) is 0 Å². The lowest BCUT2D eigenvalue weighted by Crippen LogP contribution is -2.51. The number of piperidine rings is 1. The first kappa shape index (κ1) is 22.8. The molecule has 0 saturated carbocycles. The van der Waals surface area contributed by atoms with Gasteiger partial charge in [-0.05, 0) is 33.6 Å². The second-order valence-corrected chi connectivity index (χ2v) is 8.66. The normalized spacial score (nSPS) is 21.7. The summed E-state index contributed by atoms with van der Waals surface area (Å²) >= 11 is 0. The number of alkyl carbamates (subject to hydrolysis) is 1. The van der Waals surface area contributed by atoms with Crippen LogP contribution in [-0.4, -0.2) is 77.6 Å². The number of amidine groups is 1. The summed E-state index contributed by atoms with van der Waals surface area (Å²) in [5.41, 5.74) is -0.664. The molecule has 29 heavy (non-hydrogen) atoms. The van der Waals surface area contributed by atoms with Crippen molar-refractivity contribution >= 4 is 34.3 Å². The Hall–Kier alpha value is -2.45.